The molecule has 1 aromatic carbocycles. The summed E-state index contributed by atoms with van der Waals surface area (Å²) in [4.78, 5) is -0.413. The fraction of sp³-hybridized carbons (Fsp3) is 0.333. The van der Waals surface area contributed by atoms with Gasteiger partial charge in [0.15, 0.2) is 28.2 Å². The lowest BCUT2D eigenvalue weighted by Gasteiger charge is -2.10. The summed E-state index contributed by atoms with van der Waals surface area (Å²) in [5, 5.41) is 2.41. The zero-order valence-electron chi connectivity index (χ0n) is 13.4. The van der Waals surface area contributed by atoms with E-state index in [-0.39, 0.29) is 11.3 Å². The molecule has 0 atom stereocenters. The largest absolute Gasteiger partial charge is 0.303 e. The van der Waals surface area contributed by atoms with E-state index in [4.69, 9.17) is 5.53 Å². The lowest BCUT2D eigenvalue weighted by molar-refractivity contribution is 0.253. The van der Waals surface area contributed by atoms with Gasteiger partial charge in [-0.15, -0.1) is 0 Å². The molecule has 0 radical (unpaired) electrons. The third-order valence-corrected chi connectivity index (χ3v) is 5.45. The Labute approximate surface area is 151 Å². The zero-order chi connectivity index (χ0) is 21.0. The van der Waals surface area contributed by atoms with E-state index in [9.17, 15) is 34.4 Å². The normalized spacial score (nSPS) is 11.9. The van der Waals surface area contributed by atoms with Crippen molar-refractivity contribution in [3.8, 4) is 0 Å². The molecule has 0 saturated heterocycles. The maximum absolute atomic E-state index is 13.8. The Kier molecular flexibility index (Phi) is 7.33. The van der Waals surface area contributed by atoms with Gasteiger partial charge in [-0.25, -0.2) is 17.6 Å². The predicted molar refractivity (Wildman–Crippen MR) is 82.5 cm³/mol. The summed E-state index contributed by atoms with van der Waals surface area (Å²) in [6.45, 7) is 2.89. The van der Waals surface area contributed by atoms with Gasteiger partial charge in [-0.3, -0.25) is 8.37 Å². The Morgan fingerprint density at radius 1 is 1.04 bits per heavy atom. The molecule has 0 N–H and O–H groups in total. The first-order chi connectivity index (χ1) is 12.4. The Morgan fingerprint density at radius 2 is 1.52 bits per heavy atom. The van der Waals surface area contributed by atoms with Gasteiger partial charge in [-0.1, -0.05) is 11.7 Å². The molecule has 9 nitrogen and oxygen atoms in total. The van der Waals surface area contributed by atoms with Gasteiger partial charge in [0, 0.05) is 4.91 Å². The van der Waals surface area contributed by atoms with Crippen LogP contribution in [0.4, 0.5) is 23.2 Å². The van der Waals surface area contributed by atoms with Crippen LogP contribution in [0.3, 0.4) is 0 Å². The van der Waals surface area contributed by atoms with E-state index < -0.39 is 67.3 Å². The van der Waals surface area contributed by atoms with E-state index in [1.807, 2.05) is 4.91 Å². The van der Waals surface area contributed by atoms with Gasteiger partial charge in [0.2, 0.25) is 0 Å². The van der Waals surface area contributed by atoms with Crippen molar-refractivity contribution in [2.75, 3.05) is 13.2 Å². The number of azide groups is 1. The maximum Gasteiger partial charge on any atom is 0.303 e. The molecule has 15 heteroatoms. The van der Waals surface area contributed by atoms with Crippen LogP contribution in [0.1, 0.15) is 13.3 Å². The fourth-order valence-corrected chi connectivity index (χ4v) is 3.12. The molecule has 0 bridgehead atoms. The predicted octanol–water partition coefficient (Wildman–Crippen LogP) is 3.16. The summed E-state index contributed by atoms with van der Waals surface area (Å²) >= 11 is 0. The van der Waals surface area contributed by atoms with Crippen molar-refractivity contribution in [1.29, 1.82) is 0 Å². The number of benzene rings is 1. The third kappa shape index (κ3) is 5.17. The number of halogens is 4. The zero-order valence-corrected chi connectivity index (χ0v) is 15.1. The average molecular weight is 433 g/mol. The number of rotatable bonds is 9. The van der Waals surface area contributed by atoms with Crippen LogP contribution in [-0.2, 0) is 28.6 Å². The van der Waals surface area contributed by atoms with Gasteiger partial charge in [0.1, 0.15) is 5.69 Å². The lowest BCUT2D eigenvalue weighted by Crippen LogP contribution is -2.16. The van der Waals surface area contributed by atoms with Crippen LogP contribution in [-0.4, -0.2) is 30.0 Å². The average Bonchev–Trinajstić information content (AvgIpc) is 2.56. The minimum atomic E-state index is -5.32. The highest BCUT2D eigenvalue weighted by atomic mass is 32.2. The van der Waals surface area contributed by atoms with Crippen LogP contribution in [0, 0.1) is 23.3 Å². The van der Waals surface area contributed by atoms with Crippen molar-refractivity contribution >= 4 is 25.9 Å². The van der Waals surface area contributed by atoms with E-state index in [0.717, 1.165) is 6.92 Å². The summed E-state index contributed by atoms with van der Waals surface area (Å²) in [7, 11) is -9.38. The molecule has 0 unspecified atom stereocenters. The van der Waals surface area contributed by atoms with E-state index in [0.29, 0.717) is 0 Å². The quantitative estimate of drug-likeness (QED) is 0.112. The van der Waals surface area contributed by atoms with Crippen molar-refractivity contribution in [3.05, 3.63) is 45.2 Å². The summed E-state index contributed by atoms with van der Waals surface area (Å²) in [6.07, 6.45) is -0.378. The van der Waals surface area contributed by atoms with Crippen LogP contribution in [0.25, 0.3) is 10.4 Å². The number of nitrogens with zero attached hydrogens (tertiary/aromatic N) is 3. The number of hydrogen-bond donors (Lipinski definition) is 0. The van der Waals surface area contributed by atoms with Gasteiger partial charge in [0.25, 0.3) is 10.1 Å². The summed E-state index contributed by atoms with van der Waals surface area (Å²) in [5.41, 5.74) is 6.42. The van der Waals surface area contributed by atoms with Crippen molar-refractivity contribution in [2.24, 2.45) is 5.11 Å². The second-order valence-corrected chi connectivity index (χ2v) is 8.12. The van der Waals surface area contributed by atoms with Gasteiger partial charge in [-0.2, -0.15) is 16.8 Å². The molecule has 0 aliphatic carbocycles. The van der Waals surface area contributed by atoms with Crippen LogP contribution < -0.4 is 0 Å². The first-order valence-corrected chi connectivity index (χ1v) is 9.54. The third-order valence-electron chi connectivity index (χ3n) is 2.79. The van der Waals surface area contributed by atoms with Crippen molar-refractivity contribution in [2.45, 2.75) is 18.2 Å². The molecule has 0 amide bonds. The van der Waals surface area contributed by atoms with Crippen LogP contribution in [0.5, 0.6) is 0 Å². The van der Waals surface area contributed by atoms with E-state index in [1.54, 1.807) is 0 Å². The maximum atomic E-state index is 13.8. The summed E-state index contributed by atoms with van der Waals surface area (Å²) in [5.74, 6) is -9.16. The molecule has 0 aliphatic heterocycles. The van der Waals surface area contributed by atoms with Gasteiger partial charge < -0.3 is 0 Å². The number of hydrogen-bond acceptors (Lipinski definition) is 7. The molecule has 0 saturated carbocycles. The van der Waals surface area contributed by atoms with Crippen molar-refractivity contribution in [3.63, 3.8) is 0 Å². The molecule has 1 aromatic rings. The minimum absolute atomic E-state index is 0.314. The number of allylic oxidation sites excluding steroid dienone is 1. The van der Waals surface area contributed by atoms with Gasteiger partial charge in [-0.05, 0) is 18.9 Å². The van der Waals surface area contributed by atoms with E-state index in [1.165, 1.54) is 0 Å². The second-order valence-electron chi connectivity index (χ2n) is 4.73. The molecule has 0 spiro atoms. The first kappa shape index (κ1) is 22.9. The minimum Gasteiger partial charge on any atom is -0.267 e. The molecular weight excluding hydrogens is 422 g/mol. The molecule has 0 fully saturated rings. The van der Waals surface area contributed by atoms with Crippen LogP contribution >= 0.6 is 0 Å². The van der Waals surface area contributed by atoms with E-state index >= 15 is 0 Å². The molecule has 0 aliphatic rings. The lowest BCUT2D eigenvalue weighted by atomic mass is 10.2. The highest BCUT2D eigenvalue weighted by Gasteiger charge is 2.33. The first-order valence-electron chi connectivity index (χ1n) is 6.72. The highest BCUT2D eigenvalue weighted by molar-refractivity contribution is 7.90. The summed E-state index contributed by atoms with van der Waals surface area (Å²) < 4.78 is 110. The van der Waals surface area contributed by atoms with Crippen molar-refractivity contribution in [1.82, 2.24) is 0 Å². The Hall–Kier alpha value is -2.19. The molecule has 0 heterocycles. The fourth-order valence-electron chi connectivity index (χ4n) is 1.51. The smallest absolute Gasteiger partial charge is 0.267 e. The Morgan fingerprint density at radius 3 is 1.96 bits per heavy atom. The monoisotopic (exact) mass is 433 g/mol. The molecule has 1 rings (SSSR count). The molecule has 150 valence electrons. The standard InChI is InChI=1S/C12H11F4N3O6S2/c1-6(2)26(20,21)24-4-3-5-25-27(22,23)12-9(15)7(13)11(18-19-17)8(14)10(12)16/h1,3-5H2,2H3. The van der Waals surface area contributed by atoms with Crippen molar-refractivity contribution < 1.29 is 42.8 Å². The second kappa shape index (κ2) is 8.67. The van der Waals surface area contributed by atoms with Crippen LogP contribution in [0.2, 0.25) is 0 Å². The van der Waals surface area contributed by atoms with Gasteiger partial charge >= 0.3 is 10.1 Å². The Bertz CT molecular complexity index is 991. The highest BCUT2D eigenvalue weighted by Crippen LogP contribution is 2.33. The molecular formula is C12H11F4N3O6S2. The summed E-state index contributed by atoms with van der Waals surface area (Å²) in [6, 6.07) is 0. The molecule has 0 aromatic heterocycles. The van der Waals surface area contributed by atoms with Crippen LogP contribution in [0.15, 0.2) is 21.5 Å². The SMILES string of the molecule is C=C(C)S(=O)(=O)OCCCOS(=O)(=O)c1c(F)c(F)c(N=[N+]=[N-])c(F)c1F. The Balaban J connectivity index is 3.00. The van der Waals surface area contributed by atoms with E-state index in [2.05, 4.69) is 20.1 Å². The molecule has 27 heavy (non-hydrogen) atoms. The topological polar surface area (TPSA) is 136 Å². The van der Waals surface area contributed by atoms with Gasteiger partial charge in [0.05, 0.1) is 18.1 Å².